The lowest BCUT2D eigenvalue weighted by molar-refractivity contribution is 0.507. The number of nitrogens with one attached hydrogen (secondary N) is 1. The summed E-state index contributed by atoms with van der Waals surface area (Å²) in [6, 6.07) is 8.51. The highest BCUT2D eigenvalue weighted by Gasteiger charge is 2.40. The van der Waals surface area contributed by atoms with Gasteiger partial charge in [-0.3, -0.25) is 0 Å². The lowest BCUT2D eigenvalue weighted by Gasteiger charge is -2.11. The van der Waals surface area contributed by atoms with Gasteiger partial charge in [-0.05, 0) is 36.8 Å². The van der Waals surface area contributed by atoms with Crippen LogP contribution >= 0.6 is 0 Å². The van der Waals surface area contributed by atoms with Crippen LogP contribution < -0.4 is 5.32 Å². The first-order chi connectivity index (χ1) is 7.81. The number of nitrogens with zero attached hydrogens (tertiary/aromatic N) is 1. The SMILES string of the molecule is CCC1(CNc2nc3ccccc3o2)CC1. The minimum Gasteiger partial charge on any atom is -0.424 e. The van der Waals surface area contributed by atoms with Gasteiger partial charge in [-0.25, -0.2) is 0 Å². The van der Waals surface area contributed by atoms with Crippen LogP contribution in [0.4, 0.5) is 6.01 Å². The van der Waals surface area contributed by atoms with Crippen molar-refractivity contribution < 1.29 is 4.42 Å². The third-order valence-electron chi connectivity index (χ3n) is 3.62. The standard InChI is InChI=1S/C13H16N2O/c1-2-13(7-8-13)9-14-12-15-10-5-3-4-6-11(10)16-12/h3-6H,2,7-9H2,1H3,(H,14,15). The van der Waals surface area contributed by atoms with E-state index in [4.69, 9.17) is 4.42 Å². The van der Waals surface area contributed by atoms with Crippen LogP contribution in [0.3, 0.4) is 0 Å². The Labute approximate surface area is 94.9 Å². The zero-order valence-corrected chi connectivity index (χ0v) is 9.49. The number of aromatic nitrogens is 1. The van der Waals surface area contributed by atoms with E-state index in [0.717, 1.165) is 17.6 Å². The summed E-state index contributed by atoms with van der Waals surface area (Å²) >= 11 is 0. The summed E-state index contributed by atoms with van der Waals surface area (Å²) in [5, 5.41) is 3.31. The van der Waals surface area contributed by atoms with Gasteiger partial charge in [0, 0.05) is 6.54 Å². The predicted octanol–water partition coefficient (Wildman–Crippen LogP) is 3.43. The van der Waals surface area contributed by atoms with Gasteiger partial charge in [-0.15, -0.1) is 0 Å². The van der Waals surface area contributed by atoms with Crippen LogP contribution in [0.1, 0.15) is 26.2 Å². The average molecular weight is 216 g/mol. The Morgan fingerprint density at radius 3 is 2.88 bits per heavy atom. The number of hydrogen-bond acceptors (Lipinski definition) is 3. The Morgan fingerprint density at radius 2 is 2.19 bits per heavy atom. The van der Waals surface area contributed by atoms with Crippen molar-refractivity contribution >= 4 is 17.1 Å². The van der Waals surface area contributed by atoms with E-state index in [9.17, 15) is 0 Å². The molecule has 0 unspecified atom stereocenters. The summed E-state index contributed by atoms with van der Waals surface area (Å²) < 4.78 is 5.61. The summed E-state index contributed by atoms with van der Waals surface area (Å²) in [6.07, 6.45) is 3.90. The molecule has 3 heteroatoms. The van der Waals surface area contributed by atoms with E-state index in [0.29, 0.717) is 11.4 Å². The van der Waals surface area contributed by atoms with E-state index in [1.165, 1.54) is 19.3 Å². The highest BCUT2D eigenvalue weighted by molar-refractivity contribution is 5.74. The van der Waals surface area contributed by atoms with Crippen molar-refractivity contribution in [3.63, 3.8) is 0 Å². The lowest BCUT2D eigenvalue weighted by Crippen LogP contribution is -2.14. The second kappa shape index (κ2) is 3.51. The predicted molar refractivity (Wildman–Crippen MR) is 64.5 cm³/mol. The first-order valence-corrected chi connectivity index (χ1v) is 5.91. The molecule has 1 saturated carbocycles. The Balaban J connectivity index is 1.74. The number of para-hydroxylation sites is 2. The van der Waals surface area contributed by atoms with E-state index in [2.05, 4.69) is 17.2 Å². The number of rotatable bonds is 4. The van der Waals surface area contributed by atoms with Gasteiger partial charge in [-0.2, -0.15) is 4.98 Å². The zero-order valence-electron chi connectivity index (χ0n) is 9.49. The summed E-state index contributed by atoms with van der Waals surface area (Å²) in [5.74, 6) is 0. The van der Waals surface area contributed by atoms with E-state index >= 15 is 0 Å². The fraction of sp³-hybridized carbons (Fsp3) is 0.462. The van der Waals surface area contributed by atoms with Gasteiger partial charge in [0.2, 0.25) is 0 Å². The molecule has 1 heterocycles. The number of benzene rings is 1. The van der Waals surface area contributed by atoms with Crippen molar-refractivity contribution in [2.75, 3.05) is 11.9 Å². The second-order valence-corrected chi connectivity index (χ2v) is 4.69. The van der Waals surface area contributed by atoms with Gasteiger partial charge in [0.15, 0.2) is 5.58 Å². The molecule has 1 N–H and O–H groups in total. The van der Waals surface area contributed by atoms with Gasteiger partial charge in [0.25, 0.3) is 6.01 Å². The van der Waals surface area contributed by atoms with Gasteiger partial charge in [0.1, 0.15) is 5.52 Å². The number of oxazole rings is 1. The van der Waals surface area contributed by atoms with Crippen LogP contribution in [-0.4, -0.2) is 11.5 Å². The zero-order chi connectivity index (χ0) is 11.0. The van der Waals surface area contributed by atoms with Crippen molar-refractivity contribution in [3.8, 4) is 0 Å². The molecule has 0 radical (unpaired) electrons. The molecule has 0 atom stereocenters. The van der Waals surface area contributed by atoms with E-state index in [1.54, 1.807) is 0 Å². The lowest BCUT2D eigenvalue weighted by atomic mass is 10.0. The smallest absolute Gasteiger partial charge is 0.295 e. The maximum atomic E-state index is 5.61. The van der Waals surface area contributed by atoms with E-state index in [1.807, 2.05) is 24.3 Å². The topological polar surface area (TPSA) is 38.1 Å². The van der Waals surface area contributed by atoms with Crippen LogP contribution in [0.5, 0.6) is 0 Å². The van der Waals surface area contributed by atoms with Crippen LogP contribution in [0.2, 0.25) is 0 Å². The van der Waals surface area contributed by atoms with Crippen molar-refractivity contribution in [1.29, 1.82) is 0 Å². The molecule has 1 aromatic heterocycles. The summed E-state index contributed by atoms with van der Waals surface area (Å²) in [4.78, 5) is 4.40. The molecule has 1 fully saturated rings. The second-order valence-electron chi connectivity index (χ2n) is 4.69. The average Bonchev–Trinajstić information content (AvgIpc) is 2.98. The maximum Gasteiger partial charge on any atom is 0.295 e. The first-order valence-electron chi connectivity index (χ1n) is 5.91. The normalized spacial score (nSPS) is 17.6. The van der Waals surface area contributed by atoms with Crippen molar-refractivity contribution in [2.45, 2.75) is 26.2 Å². The Kier molecular flexibility index (Phi) is 2.13. The number of anilines is 1. The monoisotopic (exact) mass is 216 g/mol. The highest BCUT2D eigenvalue weighted by atomic mass is 16.4. The molecule has 0 saturated heterocycles. The molecular formula is C13H16N2O. The summed E-state index contributed by atoms with van der Waals surface area (Å²) in [7, 11) is 0. The molecule has 16 heavy (non-hydrogen) atoms. The van der Waals surface area contributed by atoms with Crippen LogP contribution in [0.15, 0.2) is 28.7 Å². The molecule has 2 aromatic rings. The number of fused-ring (bicyclic) bond motifs is 1. The third-order valence-corrected chi connectivity index (χ3v) is 3.62. The van der Waals surface area contributed by atoms with Gasteiger partial charge < -0.3 is 9.73 Å². The molecule has 3 rings (SSSR count). The molecule has 0 bridgehead atoms. The van der Waals surface area contributed by atoms with Crippen LogP contribution in [-0.2, 0) is 0 Å². The minimum absolute atomic E-state index is 0.515. The minimum atomic E-state index is 0.515. The molecule has 1 aliphatic carbocycles. The molecule has 0 spiro atoms. The molecule has 0 aliphatic heterocycles. The molecule has 1 aromatic carbocycles. The molecule has 1 aliphatic rings. The Bertz CT molecular complexity index is 466. The quantitative estimate of drug-likeness (QED) is 0.850. The molecule has 0 amide bonds. The van der Waals surface area contributed by atoms with E-state index < -0.39 is 0 Å². The van der Waals surface area contributed by atoms with Crippen LogP contribution in [0.25, 0.3) is 11.1 Å². The maximum absolute atomic E-state index is 5.61. The van der Waals surface area contributed by atoms with Crippen molar-refractivity contribution in [2.24, 2.45) is 5.41 Å². The fourth-order valence-corrected chi connectivity index (χ4v) is 2.04. The molecular weight excluding hydrogens is 200 g/mol. The van der Waals surface area contributed by atoms with Gasteiger partial charge in [0.05, 0.1) is 0 Å². The van der Waals surface area contributed by atoms with Gasteiger partial charge in [-0.1, -0.05) is 19.1 Å². The highest BCUT2D eigenvalue weighted by Crippen LogP contribution is 2.48. The van der Waals surface area contributed by atoms with Crippen molar-refractivity contribution in [3.05, 3.63) is 24.3 Å². The molecule has 84 valence electrons. The third kappa shape index (κ3) is 1.66. The fourth-order valence-electron chi connectivity index (χ4n) is 2.04. The Hall–Kier alpha value is -1.51. The largest absolute Gasteiger partial charge is 0.424 e. The van der Waals surface area contributed by atoms with Crippen LogP contribution in [0, 0.1) is 5.41 Å². The summed E-state index contributed by atoms with van der Waals surface area (Å²) in [6.45, 7) is 3.23. The summed E-state index contributed by atoms with van der Waals surface area (Å²) in [5.41, 5.74) is 2.29. The van der Waals surface area contributed by atoms with Crippen molar-refractivity contribution in [1.82, 2.24) is 4.98 Å². The number of hydrogen-bond donors (Lipinski definition) is 1. The first kappa shape index (κ1) is 9.70. The van der Waals surface area contributed by atoms with E-state index in [-0.39, 0.29) is 0 Å². The Morgan fingerprint density at radius 1 is 1.38 bits per heavy atom. The molecule has 3 nitrogen and oxygen atoms in total. The van der Waals surface area contributed by atoms with Gasteiger partial charge >= 0.3 is 0 Å².